The Morgan fingerprint density at radius 3 is 2.59 bits per heavy atom. The summed E-state index contributed by atoms with van der Waals surface area (Å²) in [7, 11) is 1.35. The molecule has 0 aliphatic rings. The van der Waals surface area contributed by atoms with Crippen LogP contribution in [-0.2, 0) is 9.53 Å². The van der Waals surface area contributed by atoms with Gasteiger partial charge in [-0.3, -0.25) is 4.79 Å². The number of aromatic amines is 1. The van der Waals surface area contributed by atoms with Gasteiger partial charge in [-0.15, -0.1) is 0 Å². The number of esters is 1. The number of carbonyl (C=O) groups is 1. The van der Waals surface area contributed by atoms with E-state index in [4.69, 9.17) is 4.74 Å². The van der Waals surface area contributed by atoms with Gasteiger partial charge in [-0.05, 0) is 60.5 Å². The molecular weight excluding hydrogens is 411 g/mol. The number of aromatic nitrogens is 3. The van der Waals surface area contributed by atoms with Crippen molar-refractivity contribution >= 4 is 22.8 Å². The zero-order chi connectivity index (χ0) is 22.5. The number of H-pyrrole nitrogens is 1. The molecule has 0 saturated carbocycles. The van der Waals surface area contributed by atoms with Gasteiger partial charge >= 0.3 is 5.97 Å². The lowest BCUT2D eigenvalue weighted by Gasteiger charge is -2.15. The molecule has 0 unspecified atom stereocenters. The first kappa shape index (κ1) is 21.3. The Kier molecular flexibility index (Phi) is 6.30. The van der Waals surface area contributed by atoms with Crippen molar-refractivity contribution in [2.45, 2.75) is 19.4 Å². The number of halogens is 1. The topological polar surface area (TPSA) is 89.1 Å². The minimum Gasteiger partial charge on any atom is -0.493 e. The molecular formula is C24H23FN4O3. The van der Waals surface area contributed by atoms with Crippen LogP contribution in [0.25, 0.3) is 22.3 Å². The highest BCUT2D eigenvalue weighted by Gasteiger charge is 2.13. The van der Waals surface area contributed by atoms with Crippen LogP contribution in [0.1, 0.15) is 24.9 Å². The molecule has 2 aromatic carbocycles. The van der Waals surface area contributed by atoms with Gasteiger partial charge in [0.25, 0.3) is 0 Å². The minimum absolute atomic E-state index is 0.0616. The van der Waals surface area contributed by atoms with Crippen molar-refractivity contribution in [2.24, 2.45) is 0 Å². The largest absolute Gasteiger partial charge is 0.493 e. The number of rotatable bonds is 8. The van der Waals surface area contributed by atoms with Crippen LogP contribution in [-0.4, -0.2) is 34.6 Å². The van der Waals surface area contributed by atoms with Crippen molar-refractivity contribution in [1.29, 1.82) is 0 Å². The Morgan fingerprint density at radius 2 is 1.88 bits per heavy atom. The maximum Gasteiger partial charge on any atom is 0.308 e. The zero-order valence-electron chi connectivity index (χ0n) is 17.8. The maximum atomic E-state index is 13.2. The molecule has 0 amide bonds. The molecule has 0 bridgehead atoms. The van der Waals surface area contributed by atoms with Crippen LogP contribution in [0.2, 0.25) is 0 Å². The lowest BCUT2D eigenvalue weighted by Crippen LogP contribution is -2.08. The van der Waals surface area contributed by atoms with E-state index in [1.807, 2.05) is 37.3 Å². The average molecular weight is 434 g/mol. The van der Waals surface area contributed by atoms with Crippen LogP contribution < -0.4 is 10.1 Å². The summed E-state index contributed by atoms with van der Waals surface area (Å²) in [6.45, 7) is 2.25. The highest BCUT2D eigenvalue weighted by atomic mass is 19.1. The van der Waals surface area contributed by atoms with Gasteiger partial charge in [0, 0.05) is 11.7 Å². The lowest BCUT2D eigenvalue weighted by molar-refractivity contribution is -0.141. The van der Waals surface area contributed by atoms with Crippen molar-refractivity contribution in [2.75, 3.05) is 19.0 Å². The zero-order valence-corrected chi connectivity index (χ0v) is 17.8. The van der Waals surface area contributed by atoms with Gasteiger partial charge in [-0.25, -0.2) is 14.4 Å². The fourth-order valence-electron chi connectivity index (χ4n) is 3.34. The Labute approximate surface area is 184 Å². The molecule has 4 rings (SSSR count). The highest BCUT2D eigenvalue weighted by Crippen LogP contribution is 2.29. The third-order valence-corrected chi connectivity index (χ3v) is 5.12. The summed E-state index contributed by atoms with van der Waals surface area (Å²) in [6.07, 6.45) is 1.70. The number of carbonyl (C=O) groups excluding carboxylic acids is 1. The van der Waals surface area contributed by atoms with Gasteiger partial charge in [0.05, 0.1) is 25.5 Å². The Bertz CT molecular complexity index is 1210. The molecule has 0 spiro atoms. The summed E-state index contributed by atoms with van der Waals surface area (Å²) in [4.78, 5) is 23.2. The second kappa shape index (κ2) is 9.47. The normalized spacial score (nSPS) is 11.8. The van der Waals surface area contributed by atoms with Crippen molar-refractivity contribution in [1.82, 2.24) is 15.0 Å². The molecule has 4 aromatic rings. The maximum absolute atomic E-state index is 13.2. The quantitative estimate of drug-likeness (QED) is 0.384. The summed E-state index contributed by atoms with van der Waals surface area (Å²) in [5.74, 6) is 0.792. The molecule has 2 heterocycles. The van der Waals surface area contributed by atoms with Gasteiger partial charge in [-0.2, -0.15) is 0 Å². The van der Waals surface area contributed by atoms with Crippen LogP contribution >= 0.6 is 0 Å². The number of hydrogen-bond donors (Lipinski definition) is 2. The van der Waals surface area contributed by atoms with E-state index < -0.39 is 0 Å². The van der Waals surface area contributed by atoms with Crippen LogP contribution in [0, 0.1) is 5.82 Å². The summed E-state index contributed by atoms with van der Waals surface area (Å²) in [6, 6.07) is 15.9. The number of hydrogen-bond acceptors (Lipinski definition) is 6. The number of ether oxygens (including phenoxy) is 2. The molecule has 32 heavy (non-hydrogen) atoms. The molecule has 1 atom stereocenters. The second-order valence-electron chi connectivity index (χ2n) is 7.28. The average Bonchev–Trinajstić information content (AvgIpc) is 3.25. The van der Waals surface area contributed by atoms with E-state index >= 15 is 0 Å². The first-order valence-corrected chi connectivity index (χ1v) is 10.2. The third kappa shape index (κ3) is 4.85. The third-order valence-electron chi connectivity index (χ3n) is 5.12. The van der Waals surface area contributed by atoms with E-state index in [0.29, 0.717) is 17.2 Å². The molecule has 0 radical (unpaired) electrons. The molecule has 8 heteroatoms. The van der Waals surface area contributed by atoms with Crippen molar-refractivity contribution in [3.05, 3.63) is 72.3 Å². The van der Waals surface area contributed by atoms with E-state index in [1.54, 1.807) is 12.1 Å². The van der Waals surface area contributed by atoms with E-state index in [1.165, 1.54) is 25.6 Å². The summed E-state index contributed by atoms with van der Waals surface area (Å²) < 4.78 is 23.4. The van der Waals surface area contributed by atoms with Gasteiger partial charge in [0.2, 0.25) is 0 Å². The van der Waals surface area contributed by atoms with Gasteiger partial charge in [0.15, 0.2) is 0 Å². The molecule has 2 N–H and O–H groups in total. The molecule has 0 aliphatic heterocycles. The molecule has 7 nitrogen and oxygen atoms in total. The number of fused-ring (bicyclic) bond motifs is 1. The van der Waals surface area contributed by atoms with Gasteiger partial charge in [-0.1, -0.05) is 12.1 Å². The van der Waals surface area contributed by atoms with Gasteiger partial charge < -0.3 is 19.8 Å². The first-order chi connectivity index (χ1) is 15.5. The molecule has 164 valence electrons. The van der Waals surface area contributed by atoms with Crippen LogP contribution in [0.3, 0.4) is 0 Å². The Hall–Kier alpha value is -3.94. The number of nitrogens with one attached hydrogen (secondary N) is 2. The first-order valence-electron chi connectivity index (χ1n) is 10.2. The van der Waals surface area contributed by atoms with Crippen LogP contribution in [0.15, 0.2) is 60.9 Å². The van der Waals surface area contributed by atoms with Crippen molar-refractivity contribution in [3.8, 4) is 17.0 Å². The summed E-state index contributed by atoms with van der Waals surface area (Å²) in [5.41, 5.74) is 3.51. The van der Waals surface area contributed by atoms with E-state index in [0.717, 1.165) is 22.2 Å². The number of anilines is 1. The van der Waals surface area contributed by atoms with Crippen molar-refractivity contribution < 1.29 is 18.7 Å². The monoisotopic (exact) mass is 434 g/mol. The highest BCUT2D eigenvalue weighted by molar-refractivity contribution is 5.91. The number of benzene rings is 2. The predicted octanol–water partition coefficient (Wildman–Crippen LogP) is 4.88. The lowest BCUT2D eigenvalue weighted by atomic mass is 10.1. The van der Waals surface area contributed by atoms with E-state index in [9.17, 15) is 9.18 Å². The second-order valence-corrected chi connectivity index (χ2v) is 7.28. The van der Waals surface area contributed by atoms with Gasteiger partial charge in [0.1, 0.15) is 29.4 Å². The molecule has 2 aromatic heterocycles. The minimum atomic E-state index is -0.307. The predicted molar refractivity (Wildman–Crippen MR) is 120 cm³/mol. The van der Waals surface area contributed by atoms with Crippen LogP contribution in [0.4, 0.5) is 10.2 Å². The van der Waals surface area contributed by atoms with Crippen molar-refractivity contribution in [3.63, 3.8) is 0 Å². The fraction of sp³-hybridized carbons (Fsp3) is 0.208. The van der Waals surface area contributed by atoms with E-state index in [2.05, 4.69) is 25.0 Å². The number of nitrogens with zero attached hydrogens (tertiary/aromatic N) is 2. The Morgan fingerprint density at radius 1 is 1.12 bits per heavy atom. The molecule has 0 aliphatic carbocycles. The van der Waals surface area contributed by atoms with E-state index in [-0.39, 0.29) is 30.9 Å². The Balaban J connectivity index is 1.50. The number of methoxy groups -OCH3 is 1. The molecule has 0 saturated heterocycles. The fourth-order valence-corrected chi connectivity index (χ4v) is 3.34. The van der Waals surface area contributed by atoms with Crippen LogP contribution in [0.5, 0.6) is 5.75 Å². The molecule has 0 fully saturated rings. The summed E-state index contributed by atoms with van der Waals surface area (Å²) in [5, 5.41) is 4.24. The standard InChI is InChI=1S/C24H23FN4O3/c1-15(16-3-7-18(25)8-4-16)28-23-20-13-21(29-24(20)27-14-26-23)17-5-9-19(10-6-17)32-12-11-22(30)31-2/h3-10,13-15H,11-12H2,1-2H3,(H2,26,27,28,29)/t15-/m1/s1. The smallest absolute Gasteiger partial charge is 0.308 e. The summed E-state index contributed by atoms with van der Waals surface area (Å²) >= 11 is 0. The SMILES string of the molecule is COC(=O)CCOc1ccc(-c2cc3c(N[C@H](C)c4ccc(F)cc4)ncnc3[nH]2)cc1.